The van der Waals surface area contributed by atoms with E-state index in [1.807, 2.05) is 0 Å². The molecule has 1 unspecified atom stereocenters. The number of nitrogens with one attached hydrogen (secondary N) is 2. The number of aromatic nitrogens is 3. The van der Waals surface area contributed by atoms with Gasteiger partial charge >= 0.3 is 5.69 Å². The Hall–Kier alpha value is -1.28. The lowest BCUT2D eigenvalue weighted by Gasteiger charge is -2.29. The molecule has 7 nitrogen and oxygen atoms in total. The SMILES string of the molecule is CNC(CSc1n[nH]c(=O)n1C1CC1)(C(N)=O)C1CC1. The smallest absolute Gasteiger partial charge is 0.344 e. The number of H-pyrrole nitrogens is 1. The van der Waals surface area contributed by atoms with Crippen LogP contribution >= 0.6 is 11.8 Å². The van der Waals surface area contributed by atoms with E-state index in [4.69, 9.17) is 5.73 Å². The molecule has 4 N–H and O–H groups in total. The Balaban J connectivity index is 1.78. The number of aromatic amines is 1. The van der Waals surface area contributed by atoms with Crippen molar-refractivity contribution in [2.75, 3.05) is 12.8 Å². The van der Waals surface area contributed by atoms with E-state index in [-0.39, 0.29) is 23.6 Å². The molecule has 2 aliphatic rings. The summed E-state index contributed by atoms with van der Waals surface area (Å²) in [4.78, 5) is 23.6. The van der Waals surface area contributed by atoms with Crippen LogP contribution in [-0.2, 0) is 4.79 Å². The van der Waals surface area contributed by atoms with Crippen molar-refractivity contribution in [3.8, 4) is 0 Å². The summed E-state index contributed by atoms with van der Waals surface area (Å²) in [5.74, 6) is 0.462. The largest absolute Gasteiger partial charge is 0.368 e. The second-order valence-electron chi connectivity index (χ2n) is 5.56. The molecule has 20 heavy (non-hydrogen) atoms. The maximum atomic E-state index is 11.8. The number of nitrogens with zero attached hydrogens (tertiary/aromatic N) is 2. The lowest BCUT2D eigenvalue weighted by Crippen LogP contribution is -2.57. The minimum atomic E-state index is -0.700. The predicted molar refractivity (Wildman–Crippen MR) is 75.6 cm³/mol. The number of primary amides is 1. The standard InChI is InChI=1S/C12H19N5O2S/c1-14-12(9(13)18,7-2-3-7)6-20-11-16-15-10(19)17(11)8-4-5-8/h7-8,14H,2-6H2,1H3,(H2,13,18)(H,15,19). The van der Waals surface area contributed by atoms with Crippen LogP contribution in [-0.4, -0.2) is 39.0 Å². The van der Waals surface area contributed by atoms with E-state index < -0.39 is 5.54 Å². The van der Waals surface area contributed by atoms with Gasteiger partial charge in [0.1, 0.15) is 5.54 Å². The van der Waals surface area contributed by atoms with Crippen LogP contribution in [0, 0.1) is 5.92 Å². The highest BCUT2D eigenvalue weighted by Crippen LogP contribution is 2.42. The van der Waals surface area contributed by atoms with Crippen LogP contribution < -0.4 is 16.7 Å². The maximum absolute atomic E-state index is 11.8. The monoisotopic (exact) mass is 297 g/mol. The molecule has 3 rings (SSSR count). The number of carbonyl (C=O) groups is 1. The molecule has 0 bridgehead atoms. The first kappa shape index (κ1) is 13.7. The van der Waals surface area contributed by atoms with Crippen molar-refractivity contribution in [1.29, 1.82) is 0 Å². The van der Waals surface area contributed by atoms with Gasteiger partial charge < -0.3 is 11.1 Å². The van der Waals surface area contributed by atoms with Crippen LogP contribution in [0.25, 0.3) is 0 Å². The Morgan fingerprint density at radius 3 is 2.75 bits per heavy atom. The molecule has 1 aromatic heterocycles. The zero-order chi connectivity index (χ0) is 14.3. The first-order valence-corrected chi connectivity index (χ1v) is 7.85. The molecule has 1 heterocycles. The minimum Gasteiger partial charge on any atom is -0.368 e. The summed E-state index contributed by atoms with van der Waals surface area (Å²) in [6.45, 7) is 0. The zero-order valence-corrected chi connectivity index (χ0v) is 12.2. The molecule has 2 aliphatic carbocycles. The molecule has 2 saturated carbocycles. The molecule has 0 radical (unpaired) electrons. The molecule has 0 aliphatic heterocycles. The van der Waals surface area contributed by atoms with Gasteiger partial charge in [0, 0.05) is 11.8 Å². The highest BCUT2D eigenvalue weighted by atomic mass is 32.2. The van der Waals surface area contributed by atoms with Crippen LogP contribution in [0.4, 0.5) is 0 Å². The fourth-order valence-electron chi connectivity index (χ4n) is 2.59. The maximum Gasteiger partial charge on any atom is 0.344 e. The van der Waals surface area contributed by atoms with Crippen LogP contribution in [0.15, 0.2) is 9.95 Å². The molecule has 1 amide bonds. The van der Waals surface area contributed by atoms with E-state index in [1.165, 1.54) is 11.8 Å². The van der Waals surface area contributed by atoms with Gasteiger partial charge in [-0.1, -0.05) is 11.8 Å². The van der Waals surface area contributed by atoms with Gasteiger partial charge in [0.05, 0.1) is 0 Å². The fraction of sp³-hybridized carbons (Fsp3) is 0.750. The molecular weight excluding hydrogens is 278 g/mol. The lowest BCUT2D eigenvalue weighted by molar-refractivity contribution is -0.124. The molecule has 110 valence electrons. The number of amides is 1. The van der Waals surface area contributed by atoms with Gasteiger partial charge in [-0.3, -0.25) is 9.36 Å². The molecule has 1 aromatic rings. The molecule has 0 aromatic carbocycles. The van der Waals surface area contributed by atoms with Gasteiger partial charge in [-0.2, -0.15) is 0 Å². The third kappa shape index (κ3) is 2.26. The molecule has 2 fully saturated rings. The summed E-state index contributed by atoms with van der Waals surface area (Å²) in [6.07, 6.45) is 4.06. The Bertz CT molecular complexity index is 575. The molecule has 8 heteroatoms. The predicted octanol–water partition coefficient (Wildman–Crippen LogP) is -0.148. The fourth-order valence-corrected chi connectivity index (χ4v) is 3.95. The van der Waals surface area contributed by atoms with E-state index in [2.05, 4.69) is 15.5 Å². The van der Waals surface area contributed by atoms with E-state index in [0.29, 0.717) is 10.9 Å². The summed E-state index contributed by atoms with van der Waals surface area (Å²) >= 11 is 1.42. The Morgan fingerprint density at radius 2 is 2.25 bits per heavy atom. The van der Waals surface area contributed by atoms with E-state index in [9.17, 15) is 9.59 Å². The van der Waals surface area contributed by atoms with Crippen molar-refractivity contribution in [3.05, 3.63) is 10.5 Å². The highest BCUT2D eigenvalue weighted by Gasteiger charge is 2.49. The number of nitrogens with two attached hydrogens (primary N) is 1. The number of likely N-dealkylation sites (N-methyl/N-ethyl adjacent to an activating group) is 1. The third-order valence-corrected chi connectivity index (χ3v) is 5.32. The Labute approximate surface area is 120 Å². The zero-order valence-electron chi connectivity index (χ0n) is 11.4. The van der Waals surface area contributed by atoms with Crippen molar-refractivity contribution < 1.29 is 4.79 Å². The Morgan fingerprint density at radius 1 is 1.55 bits per heavy atom. The third-order valence-electron chi connectivity index (χ3n) is 4.17. The Kier molecular flexibility index (Phi) is 3.37. The number of carbonyl (C=O) groups excluding carboxylic acids is 1. The summed E-state index contributed by atoms with van der Waals surface area (Å²) < 4.78 is 1.69. The first-order valence-electron chi connectivity index (χ1n) is 6.87. The minimum absolute atomic E-state index is 0.171. The molecular formula is C12H19N5O2S. The molecule has 0 spiro atoms. The average Bonchev–Trinajstić information content (AvgIpc) is 3.31. The van der Waals surface area contributed by atoms with Crippen LogP contribution in [0.3, 0.4) is 0 Å². The van der Waals surface area contributed by atoms with Gasteiger partial charge in [0.2, 0.25) is 5.91 Å². The quantitative estimate of drug-likeness (QED) is 0.607. The summed E-state index contributed by atoms with van der Waals surface area (Å²) in [5.41, 5.74) is 4.72. The number of thioether (sulfide) groups is 1. The summed E-state index contributed by atoms with van der Waals surface area (Å²) in [5, 5.41) is 10.3. The van der Waals surface area contributed by atoms with Crippen LogP contribution in [0.5, 0.6) is 0 Å². The second-order valence-corrected chi connectivity index (χ2v) is 6.50. The second kappa shape index (κ2) is 4.92. The molecule has 0 saturated heterocycles. The van der Waals surface area contributed by atoms with Gasteiger partial charge in [-0.15, -0.1) is 5.10 Å². The van der Waals surface area contributed by atoms with Gasteiger partial charge in [-0.25, -0.2) is 9.89 Å². The first-order chi connectivity index (χ1) is 9.58. The van der Waals surface area contributed by atoms with E-state index in [0.717, 1.165) is 25.7 Å². The van der Waals surface area contributed by atoms with Crippen LogP contribution in [0.1, 0.15) is 31.7 Å². The van der Waals surface area contributed by atoms with Crippen molar-refractivity contribution in [3.63, 3.8) is 0 Å². The average molecular weight is 297 g/mol. The highest BCUT2D eigenvalue weighted by molar-refractivity contribution is 7.99. The summed E-state index contributed by atoms with van der Waals surface area (Å²) in [6, 6.07) is 0.266. The normalized spacial score (nSPS) is 21.6. The van der Waals surface area contributed by atoms with Crippen molar-refractivity contribution in [1.82, 2.24) is 20.1 Å². The van der Waals surface area contributed by atoms with Crippen molar-refractivity contribution in [2.24, 2.45) is 11.7 Å². The number of rotatable bonds is 7. The summed E-state index contributed by atoms with van der Waals surface area (Å²) in [7, 11) is 1.77. The van der Waals surface area contributed by atoms with Gasteiger partial charge in [0.25, 0.3) is 0 Å². The van der Waals surface area contributed by atoms with Gasteiger partial charge in [-0.05, 0) is 38.6 Å². The number of hydrogen-bond acceptors (Lipinski definition) is 5. The molecule has 1 atom stereocenters. The van der Waals surface area contributed by atoms with Crippen LogP contribution in [0.2, 0.25) is 0 Å². The lowest BCUT2D eigenvalue weighted by atomic mass is 9.95. The van der Waals surface area contributed by atoms with E-state index in [1.54, 1.807) is 11.6 Å². The number of hydrogen-bond donors (Lipinski definition) is 3. The van der Waals surface area contributed by atoms with Crippen molar-refractivity contribution >= 4 is 17.7 Å². The topological polar surface area (TPSA) is 106 Å². The van der Waals surface area contributed by atoms with Crippen molar-refractivity contribution in [2.45, 2.75) is 42.4 Å². The van der Waals surface area contributed by atoms with E-state index >= 15 is 0 Å². The van der Waals surface area contributed by atoms with Gasteiger partial charge in [0.15, 0.2) is 5.16 Å².